The maximum absolute atomic E-state index is 14.5. The summed E-state index contributed by atoms with van der Waals surface area (Å²) < 4.78 is 68.8. The van der Waals surface area contributed by atoms with Crippen LogP contribution in [-0.4, -0.2) is 40.2 Å². The van der Waals surface area contributed by atoms with Crippen molar-refractivity contribution < 1.29 is 30.9 Å². The number of hydrogen-bond acceptors (Lipinski definition) is 7. The van der Waals surface area contributed by atoms with E-state index in [1.54, 1.807) is 48.8 Å². The van der Waals surface area contributed by atoms with E-state index in [4.69, 9.17) is 14.7 Å². The van der Waals surface area contributed by atoms with Gasteiger partial charge in [-0.25, -0.2) is 16.8 Å². The number of hydrogen-bond donors (Lipinski definition) is 0. The van der Waals surface area contributed by atoms with E-state index in [-0.39, 0.29) is 24.3 Å². The molecule has 1 spiro atoms. The van der Waals surface area contributed by atoms with E-state index >= 15 is 0 Å². The monoisotopic (exact) mass is 634 g/mol. The van der Waals surface area contributed by atoms with Crippen molar-refractivity contribution in [3.63, 3.8) is 0 Å². The average molecular weight is 634 g/mol. The molecule has 46 heavy (non-hydrogen) atoms. The summed E-state index contributed by atoms with van der Waals surface area (Å²) >= 11 is 0. The highest BCUT2D eigenvalue weighted by Crippen LogP contribution is 2.53. The van der Waals surface area contributed by atoms with Gasteiger partial charge in [0.25, 0.3) is 0 Å². The van der Waals surface area contributed by atoms with Crippen molar-refractivity contribution in [2.45, 2.75) is 19.6 Å². The van der Waals surface area contributed by atoms with Crippen LogP contribution in [0.4, 0.5) is 11.4 Å². The van der Waals surface area contributed by atoms with Gasteiger partial charge in [0.2, 0.25) is 54.8 Å². The van der Waals surface area contributed by atoms with Crippen LogP contribution in [0, 0.1) is 0 Å². The van der Waals surface area contributed by atoms with E-state index in [2.05, 4.69) is 9.35 Å². The molecule has 10 nitrogen and oxygen atoms in total. The van der Waals surface area contributed by atoms with Gasteiger partial charge in [-0.2, -0.15) is 0 Å². The number of ether oxygens (including phenoxy) is 1. The van der Waals surface area contributed by atoms with E-state index in [0.29, 0.717) is 56.1 Å². The third-order valence-corrected chi connectivity index (χ3v) is 14.8. The van der Waals surface area contributed by atoms with Crippen LogP contribution in [0.15, 0.2) is 105 Å². The Morgan fingerprint density at radius 2 is 1.04 bits per heavy atom. The standard InChI is InChI=1S/C32H14B2N5O5S2/c40-45(41)19-7-5-17-29-25(19)33-23-21(45)9-11-35-27(23)15-3-1-13-37(31(15)33)39(29)30-18(44-17)6-8-20-26(30)34-24-22(46(20,42)43)10-12-36-28(24)16-4-2-14-38(39)32(16)34/h1-14H/q+3. The summed E-state index contributed by atoms with van der Waals surface area (Å²) in [6, 6.07) is 17.9. The molecule has 7 aliphatic rings. The van der Waals surface area contributed by atoms with Gasteiger partial charge in [-0.05, 0) is 59.5 Å². The molecule has 0 atom stereocenters. The average Bonchev–Trinajstić information content (AvgIpc) is 3.59. The lowest BCUT2D eigenvalue weighted by Crippen LogP contribution is -2.99. The van der Waals surface area contributed by atoms with Crippen LogP contribution >= 0.6 is 0 Å². The second-order valence-electron chi connectivity index (χ2n) is 12.7. The van der Waals surface area contributed by atoms with E-state index in [1.807, 2.05) is 36.7 Å². The van der Waals surface area contributed by atoms with Crippen molar-refractivity contribution in [1.29, 1.82) is 0 Å². The molecule has 7 aliphatic heterocycles. The minimum atomic E-state index is -3.93. The number of aromatic nitrogens is 4. The number of pyridine rings is 4. The van der Waals surface area contributed by atoms with Crippen LogP contribution in [0.1, 0.15) is 0 Å². The zero-order valence-corrected chi connectivity index (χ0v) is 25.0. The van der Waals surface area contributed by atoms with Crippen LogP contribution in [0.25, 0.3) is 22.5 Å². The second-order valence-corrected chi connectivity index (χ2v) is 16.4. The van der Waals surface area contributed by atoms with E-state index in [0.717, 1.165) is 22.3 Å². The summed E-state index contributed by atoms with van der Waals surface area (Å²) in [5.41, 5.74) is 8.74. The van der Waals surface area contributed by atoms with Crippen molar-refractivity contribution in [2.75, 3.05) is 0 Å². The van der Waals surface area contributed by atoms with E-state index < -0.39 is 33.1 Å². The highest BCUT2D eigenvalue weighted by atomic mass is 32.2. The van der Waals surface area contributed by atoms with Gasteiger partial charge >= 0.3 is 24.8 Å². The summed E-state index contributed by atoms with van der Waals surface area (Å²) in [6.07, 6.45) is 7.16. The molecule has 6 aromatic rings. The Hall–Kier alpha value is -5.17. The number of benzene rings is 2. The van der Waals surface area contributed by atoms with Gasteiger partial charge < -0.3 is 4.74 Å². The Morgan fingerprint density at radius 1 is 0.587 bits per heavy atom. The first-order valence-electron chi connectivity index (χ1n) is 14.9. The fraction of sp³-hybridized carbons (Fsp3) is 0. The zero-order chi connectivity index (χ0) is 30.2. The van der Waals surface area contributed by atoms with Crippen molar-refractivity contribution in [1.82, 2.24) is 14.7 Å². The second kappa shape index (κ2) is 6.54. The Balaban J connectivity index is 1.34. The van der Waals surface area contributed by atoms with E-state index in [9.17, 15) is 16.8 Å². The van der Waals surface area contributed by atoms with Crippen LogP contribution in [0.5, 0.6) is 11.5 Å². The Bertz CT molecular complexity index is 2720. The molecule has 0 bridgehead atoms. The molecule has 13 rings (SSSR count). The molecule has 0 saturated heterocycles. The van der Waals surface area contributed by atoms with Gasteiger partial charge in [0.15, 0.2) is 4.70 Å². The predicted molar refractivity (Wildman–Crippen MR) is 165 cm³/mol. The Kier molecular flexibility index (Phi) is 3.30. The number of rotatable bonds is 0. The van der Waals surface area contributed by atoms with Crippen molar-refractivity contribution >= 4 is 77.5 Å². The Morgan fingerprint density at radius 3 is 1.52 bits per heavy atom. The maximum Gasteiger partial charge on any atom is 0.347 e. The molecule has 0 radical (unpaired) electrons. The predicted octanol–water partition coefficient (Wildman–Crippen LogP) is -1.36. The normalized spacial score (nSPS) is 19.0. The van der Waals surface area contributed by atoms with Crippen molar-refractivity contribution in [2.24, 2.45) is 0 Å². The summed E-state index contributed by atoms with van der Waals surface area (Å²) in [6.45, 7) is -0.804. The number of sulfone groups is 2. The first-order valence-corrected chi connectivity index (χ1v) is 17.8. The quantitative estimate of drug-likeness (QED) is 0.115. The van der Waals surface area contributed by atoms with Crippen LogP contribution in [-0.2, 0) is 19.7 Å². The van der Waals surface area contributed by atoms with Crippen molar-refractivity contribution in [3.05, 3.63) is 85.5 Å². The van der Waals surface area contributed by atoms with Crippen LogP contribution in [0.2, 0.25) is 0 Å². The lowest BCUT2D eigenvalue weighted by Gasteiger charge is -2.40. The SMILES string of the molecule is O=S1(=O)c2ccnc3c2B2c4c1ccc1c4[N+]4(c5c(ccc6c5B5c7c(ccnc7-c7ccc[n+]4c75)S6(=O)=O)O1)[n+]1cccc-3c12. The molecular formula is C32H14B2N5O5S2+3. The summed E-state index contributed by atoms with van der Waals surface area (Å²) in [4.78, 5) is 10.5. The third kappa shape index (κ3) is 1.95. The summed E-state index contributed by atoms with van der Waals surface area (Å²) in [7, 11) is -7.86. The smallest absolute Gasteiger partial charge is 0.347 e. The van der Waals surface area contributed by atoms with Crippen LogP contribution < -0.4 is 51.8 Å². The van der Waals surface area contributed by atoms with Gasteiger partial charge in [-0.1, -0.05) is 0 Å². The van der Waals surface area contributed by atoms with Crippen molar-refractivity contribution in [3.8, 4) is 34.0 Å². The molecule has 0 amide bonds. The number of fused-ring (bicyclic) bond motifs is 2. The van der Waals surface area contributed by atoms with E-state index in [1.165, 1.54) is 0 Å². The fourth-order valence-electron chi connectivity index (χ4n) is 9.68. The molecule has 4 aromatic heterocycles. The maximum atomic E-state index is 14.5. The summed E-state index contributed by atoms with van der Waals surface area (Å²) in [5, 5.41) is 0. The number of nitrogens with zero attached hydrogens (tertiary/aromatic N) is 5. The molecule has 11 heterocycles. The van der Waals surface area contributed by atoms with Gasteiger partial charge in [0.05, 0.1) is 42.1 Å². The molecule has 0 N–H and O–H groups in total. The molecule has 0 fully saturated rings. The first kappa shape index (κ1) is 23.2. The fourth-order valence-corrected chi connectivity index (χ4v) is 13.1. The largest absolute Gasteiger partial charge is 0.444 e. The highest BCUT2D eigenvalue weighted by Gasteiger charge is 2.76. The van der Waals surface area contributed by atoms with Gasteiger partial charge in [-0.3, -0.25) is 9.97 Å². The first-order chi connectivity index (χ1) is 22.4. The van der Waals surface area contributed by atoms with Gasteiger partial charge in [0, 0.05) is 44.8 Å². The minimum Gasteiger partial charge on any atom is -0.444 e. The Labute approximate surface area is 261 Å². The zero-order valence-electron chi connectivity index (χ0n) is 23.3. The van der Waals surface area contributed by atoms with Gasteiger partial charge in [-0.15, -0.1) is 0 Å². The molecule has 0 aliphatic carbocycles. The number of quaternary nitrogens is 1. The topological polar surface area (TPSA) is 111 Å². The molecule has 2 aromatic carbocycles. The molecule has 0 saturated carbocycles. The lowest BCUT2D eigenvalue weighted by molar-refractivity contribution is -1.03. The molecule has 0 unspecified atom stereocenters. The lowest BCUT2D eigenvalue weighted by atomic mass is 9.38. The van der Waals surface area contributed by atoms with Gasteiger partial charge in [0.1, 0.15) is 0 Å². The highest BCUT2D eigenvalue weighted by molar-refractivity contribution is 7.92. The molecular weight excluding hydrogens is 620 g/mol. The third-order valence-electron chi connectivity index (χ3n) is 11.0. The molecule has 14 heteroatoms. The minimum absolute atomic E-state index is 0.131. The molecule has 212 valence electrons. The van der Waals surface area contributed by atoms with Crippen LogP contribution in [0.3, 0.4) is 0 Å². The summed E-state index contributed by atoms with van der Waals surface area (Å²) in [5.74, 6) is 1.03.